The number of benzene rings is 1. The van der Waals surface area contributed by atoms with Crippen LogP contribution in [0.4, 0.5) is 0 Å². The summed E-state index contributed by atoms with van der Waals surface area (Å²) in [7, 11) is -2.17. The average Bonchev–Trinajstić information content (AvgIpc) is 2.19. The number of carboxylic acids is 2. The number of phenols is 2. The molecule has 0 fully saturated rings. The Morgan fingerprint density at radius 2 is 1.06 bits per heavy atom. The summed E-state index contributed by atoms with van der Waals surface area (Å²) < 4.78 is 0. The summed E-state index contributed by atoms with van der Waals surface area (Å²) >= 11 is 0. The van der Waals surface area contributed by atoms with Crippen LogP contribution in [0.25, 0.3) is 0 Å². The van der Waals surface area contributed by atoms with Crippen LogP contribution < -0.4 is 0 Å². The second-order valence-corrected chi connectivity index (χ2v) is 2.81. The summed E-state index contributed by atoms with van der Waals surface area (Å²) in [4.78, 5) is 21.1. The first kappa shape index (κ1) is 15.7. The number of carbonyl (C=O) groups is 2. The van der Waals surface area contributed by atoms with Gasteiger partial charge in [0.05, 0.1) is 0 Å². The molecule has 18 heavy (non-hydrogen) atoms. The van der Waals surface area contributed by atoms with Crippen molar-refractivity contribution in [2.24, 2.45) is 0 Å². The molecule has 98 valence electrons. The molecule has 1 aromatic carbocycles. The average molecular weight is 260 g/mol. The lowest BCUT2D eigenvalue weighted by atomic mass is 10.1. The van der Waals surface area contributed by atoms with Gasteiger partial charge < -0.3 is 35.5 Å². The molecule has 9 nitrogen and oxygen atoms in total. The monoisotopic (exact) mass is 260 g/mol. The van der Waals surface area contributed by atoms with Gasteiger partial charge in [-0.05, 0) is 12.1 Å². The first-order chi connectivity index (χ1) is 8.18. The largest absolute Gasteiger partial charge is 0.631 e. The number of hydrogen-bond acceptors (Lipinski definition) is 7. The summed E-state index contributed by atoms with van der Waals surface area (Å²) in [5.74, 6) is -4.63. The minimum Gasteiger partial charge on any atom is -0.507 e. The fourth-order valence-corrected chi connectivity index (χ4v) is 1.01. The molecule has 0 saturated heterocycles. The van der Waals surface area contributed by atoms with Gasteiger partial charge in [-0.3, -0.25) is 0 Å². The Morgan fingerprint density at radius 1 is 0.833 bits per heavy atom. The van der Waals surface area contributed by atoms with E-state index in [0.29, 0.717) is 0 Å². The van der Waals surface area contributed by atoms with Crippen LogP contribution in [0.3, 0.4) is 0 Å². The predicted octanol–water partition coefficient (Wildman–Crippen LogP) is -1.56. The third-order valence-corrected chi connectivity index (χ3v) is 1.59. The highest BCUT2D eigenvalue weighted by molar-refractivity contribution is 6.30. The zero-order valence-corrected chi connectivity index (χ0v) is 8.68. The van der Waals surface area contributed by atoms with Crippen LogP contribution in [0.1, 0.15) is 20.7 Å². The molecule has 1 aromatic rings. The Labute approximate surface area is 100.0 Å². The lowest BCUT2D eigenvalue weighted by Crippen LogP contribution is -2.08. The second-order valence-electron chi connectivity index (χ2n) is 2.81. The summed E-state index contributed by atoms with van der Waals surface area (Å²) in [5, 5.41) is 56.8. The Morgan fingerprint density at radius 3 is 1.22 bits per heavy atom. The molecule has 0 aliphatic rings. The van der Waals surface area contributed by atoms with Crippen molar-refractivity contribution in [2.75, 3.05) is 0 Å². The fourth-order valence-electron chi connectivity index (χ4n) is 1.01. The highest BCUT2D eigenvalue weighted by Gasteiger charge is 2.23. The van der Waals surface area contributed by atoms with Crippen molar-refractivity contribution >= 4 is 19.3 Å². The zero-order chi connectivity index (χ0) is 14.5. The Kier molecular flexibility index (Phi) is 5.62. The van der Waals surface area contributed by atoms with Gasteiger partial charge in [0.25, 0.3) is 0 Å². The maximum absolute atomic E-state index is 10.6. The Bertz CT molecular complexity index is 414. The molecule has 7 N–H and O–H groups in total. The van der Waals surface area contributed by atoms with Crippen molar-refractivity contribution in [3.05, 3.63) is 23.3 Å². The van der Waals surface area contributed by atoms with E-state index in [1.807, 2.05) is 0 Å². The summed E-state index contributed by atoms with van der Waals surface area (Å²) in [6, 6.07) is 1.82. The second kappa shape index (κ2) is 6.44. The van der Waals surface area contributed by atoms with Crippen LogP contribution in [0.15, 0.2) is 12.1 Å². The van der Waals surface area contributed by atoms with Crippen LogP contribution in [0, 0.1) is 0 Å². The van der Waals surface area contributed by atoms with E-state index in [2.05, 4.69) is 0 Å². The lowest BCUT2D eigenvalue weighted by molar-refractivity contribution is 0.0645. The van der Waals surface area contributed by atoms with Crippen LogP contribution in [-0.4, -0.2) is 54.8 Å². The van der Waals surface area contributed by atoms with E-state index in [-0.39, 0.29) is 0 Å². The van der Waals surface area contributed by atoms with Gasteiger partial charge in [-0.2, -0.15) is 0 Å². The van der Waals surface area contributed by atoms with Gasteiger partial charge in [0.1, 0.15) is 22.6 Å². The first-order valence-corrected chi connectivity index (χ1v) is 4.24. The maximum Gasteiger partial charge on any atom is 0.631 e. The van der Waals surface area contributed by atoms with Gasteiger partial charge in [0, 0.05) is 0 Å². The molecular formula is C8H9BO9. The molecule has 0 saturated carbocycles. The van der Waals surface area contributed by atoms with Gasteiger partial charge in [-0.15, -0.1) is 0 Å². The van der Waals surface area contributed by atoms with Crippen LogP contribution in [0.5, 0.6) is 11.5 Å². The van der Waals surface area contributed by atoms with E-state index < -0.39 is 41.9 Å². The molecule has 10 heteroatoms. The molecule has 0 aliphatic heterocycles. The highest BCUT2D eigenvalue weighted by atomic mass is 16.5. The Hall–Kier alpha value is -2.30. The molecular weight excluding hydrogens is 251 g/mol. The third kappa shape index (κ3) is 4.29. The van der Waals surface area contributed by atoms with Gasteiger partial charge in [0.15, 0.2) is 0 Å². The van der Waals surface area contributed by atoms with E-state index in [4.69, 9.17) is 35.5 Å². The number of aromatic carboxylic acids is 2. The smallest absolute Gasteiger partial charge is 0.507 e. The number of rotatable bonds is 2. The van der Waals surface area contributed by atoms with Crippen LogP contribution in [0.2, 0.25) is 0 Å². The number of aromatic hydroxyl groups is 2. The highest BCUT2D eigenvalue weighted by Crippen LogP contribution is 2.28. The van der Waals surface area contributed by atoms with Gasteiger partial charge >= 0.3 is 19.3 Å². The van der Waals surface area contributed by atoms with Crippen molar-refractivity contribution < 1.29 is 45.1 Å². The van der Waals surface area contributed by atoms with Crippen molar-refractivity contribution in [1.82, 2.24) is 0 Å². The minimum atomic E-state index is -2.17. The number of carboxylic acid groups (broad SMARTS) is 2. The van der Waals surface area contributed by atoms with Crippen molar-refractivity contribution in [1.29, 1.82) is 0 Å². The summed E-state index contributed by atoms with van der Waals surface area (Å²) in [6.07, 6.45) is 0. The maximum atomic E-state index is 10.6. The molecule has 0 atom stereocenters. The number of hydrogen-bond donors (Lipinski definition) is 7. The van der Waals surface area contributed by atoms with Crippen molar-refractivity contribution in [2.45, 2.75) is 0 Å². The van der Waals surface area contributed by atoms with E-state index in [1.165, 1.54) is 0 Å². The molecule has 1 rings (SSSR count). The summed E-state index contributed by atoms with van der Waals surface area (Å²) in [6.45, 7) is 0. The molecule has 0 spiro atoms. The van der Waals surface area contributed by atoms with Crippen molar-refractivity contribution in [3.63, 3.8) is 0 Å². The van der Waals surface area contributed by atoms with Crippen LogP contribution in [-0.2, 0) is 0 Å². The van der Waals surface area contributed by atoms with Gasteiger partial charge in [-0.25, -0.2) is 9.59 Å². The molecule has 0 heterocycles. The molecule has 0 aliphatic carbocycles. The molecule has 0 radical (unpaired) electrons. The zero-order valence-electron chi connectivity index (χ0n) is 8.68. The molecule has 0 amide bonds. The predicted molar refractivity (Wildman–Crippen MR) is 56.1 cm³/mol. The normalized spacial score (nSPS) is 9.06. The van der Waals surface area contributed by atoms with Crippen molar-refractivity contribution in [3.8, 4) is 11.5 Å². The van der Waals surface area contributed by atoms with E-state index in [1.54, 1.807) is 0 Å². The molecule has 0 unspecified atom stereocenters. The summed E-state index contributed by atoms with van der Waals surface area (Å²) in [5.41, 5.74) is -1.64. The standard InChI is InChI=1S/C8H6O6.BH3O3/c9-3-1-2-4(10)6(8(13)14)5(3)7(11)12;2-1(3)4/h1-2,9-10H,(H,11,12)(H,13,14);2-4H. The fraction of sp³-hybridized carbons (Fsp3) is 0. The van der Waals surface area contributed by atoms with E-state index >= 15 is 0 Å². The Balaban J connectivity index is 0.000000631. The lowest BCUT2D eigenvalue weighted by Gasteiger charge is -2.05. The minimum absolute atomic E-state index is 0.701. The van der Waals surface area contributed by atoms with Gasteiger partial charge in [0.2, 0.25) is 0 Å². The molecule has 0 aromatic heterocycles. The SMILES string of the molecule is O=C(O)c1c(O)ccc(O)c1C(=O)O.OB(O)O. The first-order valence-electron chi connectivity index (χ1n) is 4.24. The van der Waals surface area contributed by atoms with Crippen LogP contribution >= 0.6 is 0 Å². The van der Waals surface area contributed by atoms with Gasteiger partial charge in [-0.1, -0.05) is 0 Å². The molecule has 0 bridgehead atoms. The third-order valence-electron chi connectivity index (χ3n) is 1.59. The quantitative estimate of drug-likeness (QED) is 0.245. The van der Waals surface area contributed by atoms with E-state index in [9.17, 15) is 9.59 Å². The van der Waals surface area contributed by atoms with E-state index in [0.717, 1.165) is 12.1 Å². The topological polar surface area (TPSA) is 176 Å².